The third-order valence-corrected chi connectivity index (χ3v) is 2.53. The Kier molecular flexibility index (Phi) is 6.44. The van der Waals surface area contributed by atoms with Crippen LogP contribution in [-0.2, 0) is 14.3 Å². The molecule has 0 unspecified atom stereocenters. The number of carbonyl (C=O) groups excluding carboxylic acids is 2. The molecule has 0 bridgehead atoms. The van der Waals surface area contributed by atoms with E-state index in [4.69, 9.17) is 19.9 Å². The summed E-state index contributed by atoms with van der Waals surface area (Å²) in [5, 5.41) is 5.19. The lowest BCUT2D eigenvalue weighted by molar-refractivity contribution is -0.119. The van der Waals surface area contributed by atoms with Crippen LogP contribution in [0.1, 0.15) is 0 Å². The molecule has 0 heterocycles. The predicted octanol–water partition coefficient (Wildman–Crippen LogP) is 0.186. The van der Waals surface area contributed by atoms with Gasteiger partial charge < -0.3 is 30.6 Å². The second-order valence-corrected chi connectivity index (χ2v) is 3.99. The molecule has 4 N–H and O–H groups in total. The van der Waals surface area contributed by atoms with Crippen LogP contribution in [0.25, 0.3) is 0 Å². The average molecular weight is 297 g/mol. The highest BCUT2D eigenvalue weighted by molar-refractivity contribution is 6.01. The van der Waals surface area contributed by atoms with Crippen LogP contribution < -0.4 is 25.8 Å². The summed E-state index contributed by atoms with van der Waals surface area (Å²) in [5.41, 5.74) is 5.98. The Morgan fingerprint density at radius 2 is 1.48 bits per heavy atom. The fraction of sp³-hybridized carbons (Fsp3) is 0.385. The maximum Gasteiger partial charge on any atom is 0.250 e. The largest absolute Gasteiger partial charge is 0.493 e. The molecule has 0 fully saturated rings. The van der Waals surface area contributed by atoms with Gasteiger partial charge in [-0.3, -0.25) is 9.59 Å². The number of amides is 2. The van der Waals surface area contributed by atoms with Crippen molar-refractivity contribution in [3.63, 3.8) is 0 Å². The number of ether oxygens (including phenoxy) is 3. The van der Waals surface area contributed by atoms with Gasteiger partial charge in [-0.2, -0.15) is 0 Å². The highest BCUT2D eigenvalue weighted by Crippen LogP contribution is 2.36. The van der Waals surface area contributed by atoms with E-state index in [1.165, 1.54) is 27.4 Å². The molecule has 8 nitrogen and oxygen atoms in total. The summed E-state index contributed by atoms with van der Waals surface area (Å²) in [6.45, 7) is -0.293. The first-order chi connectivity index (χ1) is 10.0. The number of anilines is 2. The zero-order valence-corrected chi connectivity index (χ0v) is 12.2. The van der Waals surface area contributed by atoms with Crippen LogP contribution in [0.5, 0.6) is 11.5 Å². The zero-order valence-electron chi connectivity index (χ0n) is 12.2. The summed E-state index contributed by atoms with van der Waals surface area (Å²) >= 11 is 0. The predicted molar refractivity (Wildman–Crippen MR) is 77.7 cm³/mol. The van der Waals surface area contributed by atoms with E-state index in [0.29, 0.717) is 22.9 Å². The molecular weight excluding hydrogens is 278 g/mol. The Bertz CT molecular complexity index is 519. The van der Waals surface area contributed by atoms with Crippen LogP contribution in [0.4, 0.5) is 11.4 Å². The van der Waals surface area contributed by atoms with E-state index in [-0.39, 0.29) is 19.1 Å². The molecule has 116 valence electrons. The molecule has 1 aromatic carbocycles. The number of hydrogen-bond donors (Lipinski definition) is 3. The summed E-state index contributed by atoms with van der Waals surface area (Å²) in [4.78, 5) is 23.1. The third kappa shape index (κ3) is 4.62. The van der Waals surface area contributed by atoms with Gasteiger partial charge in [0.15, 0.2) is 11.5 Å². The van der Waals surface area contributed by atoms with Gasteiger partial charge in [0.1, 0.15) is 6.61 Å². The SMILES string of the molecule is COCC(=O)Nc1cc(OC)c(OC)cc1NC(=O)CN. The Balaban J connectivity index is 3.16. The minimum Gasteiger partial charge on any atom is -0.493 e. The van der Waals surface area contributed by atoms with E-state index in [0.717, 1.165) is 0 Å². The van der Waals surface area contributed by atoms with E-state index in [2.05, 4.69) is 10.6 Å². The lowest BCUT2D eigenvalue weighted by Crippen LogP contribution is -2.24. The van der Waals surface area contributed by atoms with Gasteiger partial charge in [0.05, 0.1) is 32.1 Å². The van der Waals surface area contributed by atoms with Crippen molar-refractivity contribution in [1.82, 2.24) is 0 Å². The van der Waals surface area contributed by atoms with Crippen molar-refractivity contribution in [3.05, 3.63) is 12.1 Å². The van der Waals surface area contributed by atoms with Crippen molar-refractivity contribution >= 4 is 23.2 Å². The van der Waals surface area contributed by atoms with E-state index in [1.807, 2.05) is 0 Å². The lowest BCUT2D eigenvalue weighted by atomic mass is 10.2. The van der Waals surface area contributed by atoms with Crippen LogP contribution in [0.15, 0.2) is 12.1 Å². The molecule has 0 spiro atoms. The first kappa shape index (κ1) is 16.7. The molecule has 8 heteroatoms. The van der Waals surface area contributed by atoms with Crippen LogP contribution in [0.2, 0.25) is 0 Å². The van der Waals surface area contributed by atoms with Gasteiger partial charge in [-0.25, -0.2) is 0 Å². The second kappa shape index (κ2) is 8.08. The highest BCUT2D eigenvalue weighted by atomic mass is 16.5. The highest BCUT2D eigenvalue weighted by Gasteiger charge is 2.14. The number of hydrogen-bond acceptors (Lipinski definition) is 6. The normalized spacial score (nSPS) is 9.90. The van der Waals surface area contributed by atoms with E-state index < -0.39 is 5.91 Å². The molecule has 21 heavy (non-hydrogen) atoms. The lowest BCUT2D eigenvalue weighted by Gasteiger charge is -2.16. The number of methoxy groups -OCH3 is 3. The Labute approximate surface area is 122 Å². The number of nitrogens with two attached hydrogens (primary N) is 1. The van der Waals surface area contributed by atoms with Crippen LogP contribution in [0.3, 0.4) is 0 Å². The molecular formula is C13H19N3O5. The summed E-state index contributed by atoms with van der Waals surface area (Å²) in [7, 11) is 4.34. The molecule has 1 rings (SSSR count). The van der Waals surface area contributed by atoms with Gasteiger partial charge in [0, 0.05) is 19.2 Å². The van der Waals surface area contributed by atoms with Crippen LogP contribution in [-0.4, -0.2) is 46.3 Å². The van der Waals surface area contributed by atoms with Gasteiger partial charge in [0.2, 0.25) is 11.8 Å². The minimum atomic E-state index is -0.399. The molecule has 0 aromatic heterocycles. The standard InChI is InChI=1S/C13H19N3O5/c1-19-7-13(18)16-9-5-11(21-3)10(20-2)4-8(9)15-12(17)6-14/h4-5H,6-7,14H2,1-3H3,(H,15,17)(H,16,18). The van der Waals surface area contributed by atoms with Gasteiger partial charge in [0.25, 0.3) is 0 Å². The number of carbonyl (C=O) groups is 2. The summed E-state index contributed by atoms with van der Waals surface area (Å²) in [6.07, 6.45) is 0. The second-order valence-electron chi connectivity index (χ2n) is 3.99. The quantitative estimate of drug-likeness (QED) is 0.662. The first-order valence-electron chi connectivity index (χ1n) is 6.10. The average Bonchev–Trinajstić information content (AvgIpc) is 2.48. The van der Waals surface area contributed by atoms with Crippen molar-refractivity contribution in [1.29, 1.82) is 0 Å². The van der Waals surface area contributed by atoms with E-state index in [9.17, 15) is 9.59 Å². The first-order valence-corrected chi connectivity index (χ1v) is 6.10. The molecule has 0 aliphatic carbocycles. The topological polar surface area (TPSA) is 112 Å². The van der Waals surface area contributed by atoms with Crippen molar-refractivity contribution in [2.75, 3.05) is 45.1 Å². The van der Waals surface area contributed by atoms with Crippen LogP contribution >= 0.6 is 0 Å². The molecule has 2 amide bonds. The number of nitrogens with one attached hydrogen (secondary N) is 2. The maximum absolute atomic E-state index is 11.6. The van der Waals surface area contributed by atoms with Crippen molar-refractivity contribution < 1.29 is 23.8 Å². The van der Waals surface area contributed by atoms with E-state index >= 15 is 0 Å². The molecule has 0 saturated heterocycles. The van der Waals surface area contributed by atoms with Gasteiger partial charge in [-0.15, -0.1) is 0 Å². The number of benzene rings is 1. The third-order valence-electron chi connectivity index (χ3n) is 2.53. The maximum atomic E-state index is 11.6. The van der Waals surface area contributed by atoms with Crippen molar-refractivity contribution in [2.45, 2.75) is 0 Å². The van der Waals surface area contributed by atoms with Gasteiger partial charge >= 0.3 is 0 Å². The number of rotatable bonds is 7. The molecule has 0 atom stereocenters. The van der Waals surface area contributed by atoms with Gasteiger partial charge in [-0.05, 0) is 0 Å². The summed E-state index contributed by atoms with van der Waals surface area (Å²) in [5.74, 6) is 0.0583. The zero-order chi connectivity index (χ0) is 15.8. The molecule has 1 aromatic rings. The van der Waals surface area contributed by atoms with Crippen LogP contribution in [0, 0.1) is 0 Å². The fourth-order valence-corrected chi connectivity index (χ4v) is 1.60. The van der Waals surface area contributed by atoms with Crippen molar-refractivity contribution in [3.8, 4) is 11.5 Å². The molecule has 0 radical (unpaired) electrons. The fourth-order valence-electron chi connectivity index (χ4n) is 1.60. The minimum absolute atomic E-state index is 0.112. The molecule has 0 aliphatic heterocycles. The Morgan fingerprint density at radius 1 is 1.00 bits per heavy atom. The smallest absolute Gasteiger partial charge is 0.250 e. The summed E-state index contributed by atoms with van der Waals surface area (Å²) < 4.78 is 15.1. The summed E-state index contributed by atoms with van der Waals surface area (Å²) in [6, 6.07) is 3.08. The Morgan fingerprint density at radius 3 is 1.86 bits per heavy atom. The van der Waals surface area contributed by atoms with E-state index in [1.54, 1.807) is 6.07 Å². The monoisotopic (exact) mass is 297 g/mol. The molecule has 0 saturated carbocycles. The van der Waals surface area contributed by atoms with Gasteiger partial charge in [-0.1, -0.05) is 0 Å². The molecule has 0 aliphatic rings. The Hall–Kier alpha value is -2.32. The van der Waals surface area contributed by atoms with Crippen molar-refractivity contribution in [2.24, 2.45) is 5.73 Å².